The van der Waals surface area contributed by atoms with Gasteiger partial charge in [-0.15, -0.1) is 0 Å². The SMILES string of the molecule is CCN1c2ccccc2N(CC)c2cc3c(cc21)nc1ccccc1[n+]3C.COS(=O)(=O)[O-]. The Morgan fingerprint density at radius 1 is 0.848 bits per heavy atom. The average molecular weight is 467 g/mol. The predicted molar refractivity (Wildman–Crippen MR) is 129 cm³/mol. The summed E-state index contributed by atoms with van der Waals surface area (Å²) in [6.07, 6.45) is 0. The molecular weight excluding hydrogens is 440 g/mol. The zero-order valence-electron chi connectivity index (χ0n) is 19.0. The lowest BCUT2D eigenvalue weighted by atomic mass is 10.1. The second-order valence-corrected chi connectivity index (χ2v) is 8.69. The van der Waals surface area contributed by atoms with Gasteiger partial charge in [0, 0.05) is 25.2 Å². The lowest BCUT2D eigenvalue weighted by molar-refractivity contribution is -0.617. The van der Waals surface area contributed by atoms with Crippen LogP contribution in [0.5, 0.6) is 0 Å². The highest BCUT2D eigenvalue weighted by molar-refractivity contribution is 7.80. The molecule has 33 heavy (non-hydrogen) atoms. The highest BCUT2D eigenvalue weighted by atomic mass is 32.3. The molecular formula is C24H26N4O4S. The molecule has 0 unspecified atom stereocenters. The highest BCUT2D eigenvalue weighted by Gasteiger charge is 2.29. The van der Waals surface area contributed by atoms with E-state index in [4.69, 9.17) is 4.98 Å². The van der Waals surface area contributed by atoms with Crippen LogP contribution in [0.3, 0.4) is 0 Å². The van der Waals surface area contributed by atoms with Gasteiger partial charge < -0.3 is 14.4 Å². The van der Waals surface area contributed by atoms with Crippen molar-refractivity contribution >= 4 is 55.2 Å². The summed E-state index contributed by atoms with van der Waals surface area (Å²) < 4.78 is 33.3. The molecule has 0 spiro atoms. The minimum absolute atomic E-state index is 0.808. The van der Waals surface area contributed by atoms with Gasteiger partial charge in [0.25, 0.3) is 0 Å². The normalized spacial score (nSPS) is 12.9. The van der Waals surface area contributed by atoms with Crippen molar-refractivity contribution in [3.8, 4) is 0 Å². The van der Waals surface area contributed by atoms with Crippen LogP contribution < -0.4 is 14.4 Å². The summed E-state index contributed by atoms with van der Waals surface area (Å²) in [5.41, 5.74) is 9.37. The zero-order valence-corrected chi connectivity index (χ0v) is 19.8. The molecule has 0 saturated heterocycles. The Morgan fingerprint density at radius 2 is 1.36 bits per heavy atom. The number of benzene rings is 3. The van der Waals surface area contributed by atoms with Gasteiger partial charge in [0.15, 0.2) is 0 Å². The fourth-order valence-corrected chi connectivity index (χ4v) is 4.31. The van der Waals surface area contributed by atoms with Crippen molar-refractivity contribution < 1.29 is 21.7 Å². The van der Waals surface area contributed by atoms with Crippen molar-refractivity contribution in [2.45, 2.75) is 13.8 Å². The van der Waals surface area contributed by atoms with Gasteiger partial charge in [-0.25, -0.2) is 13.4 Å². The summed E-state index contributed by atoms with van der Waals surface area (Å²) >= 11 is 0. The molecule has 1 aromatic heterocycles. The van der Waals surface area contributed by atoms with Crippen LogP contribution in [0.1, 0.15) is 13.8 Å². The molecule has 1 aliphatic rings. The van der Waals surface area contributed by atoms with Crippen LogP contribution in [0.15, 0.2) is 60.7 Å². The molecule has 0 atom stereocenters. The summed E-state index contributed by atoms with van der Waals surface area (Å²) in [6.45, 7) is 6.27. The van der Waals surface area contributed by atoms with Crippen molar-refractivity contribution in [2.24, 2.45) is 7.05 Å². The first-order valence-electron chi connectivity index (χ1n) is 10.7. The number of anilines is 4. The third-order valence-electron chi connectivity index (χ3n) is 5.80. The Labute approximate surface area is 193 Å². The molecule has 4 aromatic rings. The van der Waals surface area contributed by atoms with Gasteiger partial charge in [-0.3, -0.25) is 4.18 Å². The number of fused-ring (bicyclic) bond motifs is 4. The molecule has 172 valence electrons. The number of aryl methyl sites for hydroxylation is 1. The fourth-order valence-electron chi connectivity index (χ4n) is 4.31. The topological polar surface area (TPSA) is 89.7 Å². The van der Waals surface area contributed by atoms with E-state index in [1.807, 2.05) is 6.07 Å². The fraction of sp³-hybridized carbons (Fsp3) is 0.250. The van der Waals surface area contributed by atoms with Gasteiger partial charge >= 0.3 is 0 Å². The Bertz CT molecular complexity index is 1440. The number of nitrogens with zero attached hydrogens (tertiary/aromatic N) is 4. The molecule has 3 aromatic carbocycles. The number of rotatable bonds is 3. The molecule has 0 saturated carbocycles. The third-order valence-corrected chi connectivity index (χ3v) is 6.21. The van der Waals surface area contributed by atoms with Crippen molar-refractivity contribution in [2.75, 3.05) is 30.0 Å². The van der Waals surface area contributed by atoms with Crippen LogP contribution in [0, 0.1) is 0 Å². The first-order chi connectivity index (χ1) is 15.8. The molecule has 0 bridgehead atoms. The van der Waals surface area contributed by atoms with E-state index in [1.165, 1.54) is 22.7 Å². The first kappa shape index (κ1) is 22.9. The molecule has 0 aliphatic carbocycles. The second kappa shape index (κ2) is 8.93. The van der Waals surface area contributed by atoms with Crippen molar-refractivity contribution in [3.05, 3.63) is 60.7 Å². The number of hydrogen-bond donors (Lipinski definition) is 0. The summed E-state index contributed by atoms with van der Waals surface area (Å²) in [4.78, 5) is 9.76. The van der Waals surface area contributed by atoms with Gasteiger partial charge in [-0.05, 0) is 38.1 Å². The molecule has 8 nitrogen and oxygen atoms in total. The van der Waals surface area contributed by atoms with Gasteiger partial charge in [-0.2, -0.15) is 4.57 Å². The lowest BCUT2D eigenvalue weighted by Gasteiger charge is -2.39. The maximum absolute atomic E-state index is 9.22. The van der Waals surface area contributed by atoms with Crippen LogP contribution >= 0.6 is 0 Å². The highest BCUT2D eigenvalue weighted by Crippen LogP contribution is 2.48. The van der Waals surface area contributed by atoms with E-state index < -0.39 is 10.4 Å². The van der Waals surface area contributed by atoms with Crippen LogP contribution in [-0.2, 0) is 21.6 Å². The summed E-state index contributed by atoms with van der Waals surface area (Å²) in [5, 5.41) is 0. The molecule has 2 heterocycles. The van der Waals surface area contributed by atoms with E-state index in [1.54, 1.807) is 0 Å². The molecule has 0 amide bonds. The van der Waals surface area contributed by atoms with Crippen molar-refractivity contribution in [3.63, 3.8) is 0 Å². The Kier molecular flexibility index (Phi) is 6.20. The largest absolute Gasteiger partial charge is 0.726 e. The smallest absolute Gasteiger partial charge is 0.233 e. The Balaban J connectivity index is 0.000000385. The molecule has 0 radical (unpaired) electrons. The van der Waals surface area contributed by atoms with E-state index in [2.05, 4.69) is 94.0 Å². The Morgan fingerprint density at radius 3 is 1.91 bits per heavy atom. The number of hydrogen-bond acceptors (Lipinski definition) is 7. The van der Waals surface area contributed by atoms with E-state index in [0.29, 0.717) is 0 Å². The Hall–Kier alpha value is -3.27. The van der Waals surface area contributed by atoms with E-state index >= 15 is 0 Å². The minimum Gasteiger partial charge on any atom is -0.726 e. The molecule has 5 rings (SSSR count). The van der Waals surface area contributed by atoms with E-state index in [-0.39, 0.29) is 0 Å². The summed E-state index contributed by atoms with van der Waals surface area (Å²) in [5.74, 6) is 0. The van der Waals surface area contributed by atoms with Gasteiger partial charge in [0.05, 0.1) is 29.9 Å². The van der Waals surface area contributed by atoms with Gasteiger partial charge in [0.2, 0.25) is 21.4 Å². The summed E-state index contributed by atoms with van der Waals surface area (Å²) in [7, 11) is -1.48. The molecule has 9 heteroatoms. The maximum Gasteiger partial charge on any atom is 0.233 e. The van der Waals surface area contributed by atoms with E-state index in [9.17, 15) is 13.0 Å². The third kappa shape index (κ3) is 4.22. The average Bonchev–Trinajstić information content (AvgIpc) is 2.82. The first-order valence-corrected chi connectivity index (χ1v) is 12.0. The predicted octanol–water partition coefficient (Wildman–Crippen LogP) is 3.93. The molecule has 0 N–H and O–H groups in total. The molecule has 0 fully saturated rings. The number of para-hydroxylation sites is 4. The standard InChI is InChI=1S/C23H23N4.CH4O4S/c1-4-26-19-12-8-9-13-20(19)27(5-2)23-15-21-17(14-22(23)26)24-16-10-6-7-11-18(16)25(21)3;1-5-6(2,3)4/h6-15H,4-5H2,1-3H3;1H3,(H,2,3,4)/q+1;/p-1. The minimum atomic E-state index is -4.41. The number of aromatic nitrogens is 2. The van der Waals surface area contributed by atoms with E-state index in [0.717, 1.165) is 42.3 Å². The maximum atomic E-state index is 9.22. The molecule has 1 aliphatic heterocycles. The quantitative estimate of drug-likeness (QED) is 0.196. The van der Waals surface area contributed by atoms with Gasteiger partial charge in [-0.1, -0.05) is 24.3 Å². The van der Waals surface area contributed by atoms with Crippen molar-refractivity contribution in [1.29, 1.82) is 0 Å². The zero-order chi connectivity index (χ0) is 23.8. The van der Waals surface area contributed by atoms with Crippen LogP contribution in [-0.4, -0.2) is 38.2 Å². The lowest BCUT2D eigenvalue weighted by Crippen LogP contribution is -2.33. The van der Waals surface area contributed by atoms with Crippen LogP contribution in [0.4, 0.5) is 22.7 Å². The monoisotopic (exact) mass is 466 g/mol. The second-order valence-electron chi connectivity index (χ2n) is 7.54. The van der Waals surface area contributed by atoms with Crippen LogP contribution in [0.2, 0.25) is 0 Å². The van der Waals surface area contributed by atoms with Gasteiger partial charge in [0.1, 0.15) is 18.1 Å². The van der Waals surface area contributed by atoms with Crippen molar-refractivity contribution in [1.82, 2.24) is 4.98 Å². The summed E-state index contributed by atoms with van der Waals surface area (Å²) in [6, 6.07) is 21.5. The van der Waals surface area contributed by atoms with Crippen LogP contribution in [0.25, 0.3) is 22.1 Å².